The van der Waals surface area contributed by atoms with Gasteiger partial charge >= 0.3 is 0 Å². The number of rotatable bonds is 5. The van der Waals surface area contributed by atoms with Gasteiger partial charge in [-0.3, -0.25) is 0 Å². The maximum absolute atomic E-state index is 7.87. The van der Waals surface area contributed by atoms with E-state index >= 15 is 0 Å². The molecule has 0 amide bonds. The van der Waals surface area contributed by atoms with Gasteiger partial charge in [0.2, 0.25) is 0 Å². The van der Waals surface area contributed by atoms with Gasteiger partial charge in [-0.2, -0.15) is 0 Å². The van der Waals surface area contributed by atoms with Crippen LogP contribution in [0.15, 0.2) is 11.3 Å². The van der Waals surface area contributed by atoms with E-state index < -0.39 is 0 Å². The molecule has 0 aliphatic rings. The lowest BCUT2D eigenvalue weighted by atomic mass is 9.95. The van der Waals surface area contributed by atoms with Gasteiger partial charge in [-0.25, -0.2) is 0 Å². The molecular weight excluding hydrogens is 160 g/mol. The molecule has 0 aliphatic carbocycles. The summed E-state index contributed by atoms with van der Waals surface area (Å²) in [6.07, 6.45) is 2.85. The molecule has 0 spiro atoms. The van der Waals surface area contributed by atoms with Crippen molar-refractivity contribution in [3.8, 4) is 0 Å². The van der Waals surface area contributed by atoms with E-state index in [0.717, 1.165) is 30.5 Å². The van der Waals surface area contributed by atoms with Crippen LogP contribution < -0.4 is 5.73 Å². The first-order valence-electron chi connectivity index (χ1n) is 5.10. The fourth-order valence-corrected chi connectivity index (χ4v) is 1.36. The minimum atomic E-state index is 0.283. The van der Waals surface area contributed by atoms with E-state index in [-0.39, 0.29) is 5.92 Å². The van der Waals surface area contributed by atoms with Crippen LogP contribution in [0.3, 0.4) is 0 Å². The van der Waals surface area contributed by atoms with Crippen molar-refractivity contribution in [1.29, 1.82) is 5.41 Å². The molecule has 0 rings (SSSR count). The normalized spacial score (nSPS) is 13.0. The van der Waals surface area contributed by atoms with Crippen LogP contribution in [0.1, 0.15) is 47.0 Å². The Bertz CT molecular complexity index is 202. The summed E-state index contributed by atoms with van der Waals surface area (Å²) in [6, 6.07) is 0. The summed E-state index contributed by atoms with van der Waals surface area (Å²) in [5.41, 5.74) is 8.58. The predicted molar refractivity (Wildman–Crippen MR) is 59.0 cm³/mol. The van der Waals surface area contributed by atoms with Crippen LogP contribution in [0.5, 0.6) is 0 Å². The zero-order valence-corrected chi connectivity index (χ0v) is 9.28. The van der Waals surface area contributed by atoms with Gasteiger partial charge in [0.25, 0.3) is 0 Å². The Kier molecular flexibility index (Phi) is 5.44. The van der Waals surface area contributed by atoms with Crippen molar-refractivity contribution >= 4 is 5.71 Å². The third-order valence-electron chi connectivity index (χ3n) is 2.16. The van der Waals surface area contributed by atoms with Crippen LogP contribution in [0.2, 0.25) is 0 Å². The second-order valence-electron chi connectivity index (χ2n) is 3.68. The number of hydrogen-bond donors (Lipinski definition) is 2. The smallest absolute Gasteiger partial charge is 0.0388 e. The molecule has 13 heavy (non-hydrogen) atoms. The maximum atomic E-state index is 7.87. The van der Waals surface area contributed by atoms with Crippen LogP contribution in [0.25, 0.3) is 0 Å². The predicted octanol–water partition coefficient (Wildman–Crippen LogP) is 3.09. The van der Waals surface area contributed by atoms with E-state index in [1.165, 1.54) is 0 Å². The van der Waals surface area contributed by atoms with Crippen molar-refractivity contribution in [2.75, 3.05) is 0 Å². The van der Waals surface area contributed by atoms with Crippen LogP contribution in [0.4, 0.5) is 0 Å². The lowest BCUT2D eigenvalue weighted by Gasteiger charge is -2.13. The highest BCUT2D eigenvalue weighted by atomic mass is 14.6. The molecule has 2 heteroatoms. The number of nitrogens with one attached hydrogen (secondary N) is 1. The summed E-state index contributed by atoms with van der Waals surface area (Å²) in [6.45, 7) is 8.25. The fourth-order valence-electron chi connectivity index (χ4n) is 1.36. The zero-order chi connectivity index (χ0) is 10.4. The first kappa shape index (κ1) is 12.2. The number of allylic oxidation sites excluding steroid dienone is 2. The van der Waals surface area contributed by atoms with E-state index in [2.05, 4.69) is 13.8 Å². The van der Waals surface area contributed by atoms with E-state index in [9.17, 15) is 0 Å². The Morgan fingerprint density at radius 2 is 1.85 bits per heavy atom. The lowest BCUT2D eigenvalue weighted by molar-refractivity contribution is 0.838. The molecular formula is C11H22N2. The fraction of sp³-hybridized carbons (Fsp3) is 0.727. The zero-order valence-electron chi connectivity index (χ0n) is 9.28. The van der Waals surface area contributed by atoms with Gasteiger partial charge in [0, 0.05) is 11.4 Å². The Morgan fingerprint density at radius 3 is 2.15 bits per heavy atom. The molecule has 0 saturated heterocycles. The third kappa shape index (κ3) is 3.62. The lowest BCUT2D eigenvalue weighted by Crippen LogP contribution is -2.14. The summed E-state index contributed by atoms with van der Waals surface area (Å²) in [4.78, 5) is 0. The molecule has 0 heterocycles. The summed E-state index contributed by atoms with van der Waals surface area (Å²) in [5, 5.41) is 7.87. The van der Waals surface area contributed by atoms with Crippen molar-refractivity contribution in [2.45, 2.75) is 47.0 Å². The maximum Gasteiger partial charge on any atom is 0.0388 e. The van der Waals surface area contributed by atoms with E-state index in [4.69, 9.17) is 11.1 Å². The van der Waals surface area contributed by atoms with E-state index in [1.54, 1.807) is 0 Å². The summed E-state index contributed by atoms with van der Waals surface area (Å²) >= 11 is 0. The summed E-state index contributed by atoms with van der Waals surface area (Å²) in [7, 11) is 0. The van der Waals surface area contributed by atoms with Gasteiger partial charge in [-0.05, 0) is 24.3 Å². The quantitative estimate of drug-likeness (QED) is 0.631. The number of nitrogens with two attached hydrogens (primary N) is 1. The van der Waals surface area contributed by atoms with Gasteiger partial charge < -0.3 is 11.1 Å². The molecule has 0 aromatic carbocycles. The SMILES string of the molecule is CCC/C(N)=C(\CC)C(=N)C(C)C. The van der Waals surface area contributed by atoms with E-state index in [1.807, 2.05) is 13.8 Å². The molecule has 2 nitrogen and oxygen atoms in total. The Labute approximate surface area is 81.7 Å². The first-order valence-corrected chi connectivity index (χ1v) is 5.10. The van der Waals surface area contributed by atoms with Gasteiger partial charge in [0.15, 0.2) is 0 Å². The minimum Gasteiger partial charge on any atom is -0.402 e. The molecule has 76 valence electrons. The average Bonchev–Trinajstić information content (AvgIpc) is 2.05. The van der Waals surface area contributed by atoms with Crippen LogP contribution in [-0.4, -0.2) is 5.71 Å². The number of hydrogen-bond acceptors (Lipinski definition) is 2. The van der Waals surface area contributed by atoms with Gasteiger partial charge in [0.1, 0.15) is 0 Å². The van der Waals surface area contributed by atoms with Crippen molar-refractivity contribution < 1.29 is 0 Å². The standard InChI is InChI=1S/C11H22N2/c1-5-7-10(12)9(6-2)11(13)8(3)4/h8,13H,5-7,12H2,1-4H3/b10-9-,13-11?. The Hall–Kier alpha value is -0.790. The molecule has 0 atom stereocenters. The highest BCUT2D eigenvalue weighted by molar-refractivity contribution is 5.99. The molecule has 0 aliphatic heterocycles. The summed E-state index contributed by atoms with van der Waals surface area (Å²) < 4.78 is 0. The van der Waals surface area contributed by atoms with Crippen LogP contribution in [-0.2, 0) is 0 Å². The Morgan fingerprint density at radius 1 is 1.31 bits per heavy atom. The highest BCUT2D eigenvalue weighted by Gasteiger charge is 2.10. The van der Waals surface area contributed by atoms with E-state index in [0.29, 0.717) is 5.71 Å². The molecule has 0 aromatic rings. The topological polar surface area (TPSA) is 49.9 Å². The molecule has 0 saturated carbocycles. The monoisotopic (exact) mass is 182 g/mol. The molecule has 3 N–H and O–H groups in total. The van der Waals surface area contributed by atoms with Crippen molar-refractivity contribution in [1.82, 2.24) is 0 Å². The van der Waals surface area contributed by atoms with Gasteiger partial charge in [-0.1, -0.05) is 34.1 Å². The van der Waals surface area contributed by atoms with Crippen LogP contribution >= 0.6 is 0 Å². The highest BCUT2D eigenvalue weighted by Crippen LogP contribution is 2.15. The minimum absolute atomic E-state index is 0.283. The summed E-state index contributed by atoms with van der Waals surface area (Å²) in [5.74, 6) is 0.283. The van der Waals surface area contributed by atoms with Crippen LogP contribution in [0, 0.1) is 11.3 Å². The Balaban J connectivity index is 4.66. The first-order chi connectivity index (χ1) is 6.04. The molecule has 0 radical (unpaired) electrons. The van der Waals surface area contributed by atoms with Crippen molar-refractivity contribution in [2.24, 2.45) is 11.7 Å². The van der Waals surface area contributed by atoms with Crippen molar-refractivity contribution in [3.05, 3.63) is 11.3 Å². The van der Waals surface area contributed by atoms with Gasteiger partial charge in [0.05, 0.1) is 0 Å². The second-order valence-corrected chi connectivity index (χ2v) is 3.68. The van der Waals surface area contributed by atoms with Gasteiger partial charge in [-0.15, -0.1) is 0 Å². The molecule has 0 aromatic heterocycles. The molecule has 0 fully saturated rings. The average molecular weight is 182 g/mol. The molecule has 0 unspecified atom stereocenters. The second kappa shape index (κ2) is 5.79. The van der Waals surface area contributed by atoms with Crippen molar-refractivity contribution in [3.63, 3.8) is 0 Å². The molecule has 0 bridgehead atoms. The third-order valence-corrected chi connectivity index (χ3v) is 2.16. The largest absolute Gasteiger partial charge is 0.402 e.